The summed E-state index contributed by atoms with van der Waals surface area (Å²) in [6.45, 7) is 8.40. The van der Waals surface area contributed by atoms with E-state index >= 15 is 0 Å². The Morgan fingerprint density at radius 3 is 1.06 bits per heavy atom. The van der Waals surface area contributed by atoms with Crippen LogP contribution in [0, 0.1) is 0 Å². The van der Waals surface area contributed by atoms with E-state index in [-0.39, 0.29) is 24.8 Å². The highest BCUT2D eigenvalue weighted by molar-refractivity contribution is 5.77. The van der Waals surface area contributed by atoms with Crippen molar-refractivity contribution in [2.45, 2.75) is 128 Å². The minimum atomic E-state index is -0.294. The van der Waals surface area contributed by atoms with Crippen molar-refractivity contribution < 1.29 is 19.1 Å². The van der Waals surface area contributed by atoms with Crippen LogP contribution in [0.4, 0.5) is 0 Å². The van der Waals surface area contributed by atoms with Crippen LogP contribution in [0.1, 0.15) is 128 Å². The Kier molecular flexibility index (Phi) is 24.4. The molecule has 0 heterocycles. The van der Waals surface area contributed by atoms with E-state index in [0.29, 0.717) is 13.2 Å². The van der Waals surface area contributed by atoms with Crippen LogP contribution in [-0.4, -0.2) is 25.2 Å². The average molecular weight is 451 g/mol. The van der Waals surface area contributed by atoms with Crippen LogP contribution in [0.25, 0.3) is 0 Å². The maximum absolute atomic E-state index is 11.7. The van der Waals surface area contributed by atoms with E-state index in [0.717, 1.165) is 38.5 Å². The van der Waals surface area contributed by atoms with E-state index in [1.54, 1.807) is 0 Å². The van der Waals surface area contributed by atoms with Gasteiger partial charge in [-0.25, -0.2) is 0 Å². The van der Waals surface area contributed by atoms with Crippen LogP contribution in [0.3, 0.4) is 0 Å². The number of unbranched alkanes of at least 4 members (excludes halogenated alkanes) is 16. The number of hydrogen-bond acceptors (Lipinski definition) is 4. The summed E-state index contributed by atoms with van der Waals surface area (Å²) in [4.78, 5) is 23.5. The summed E-state index contributed by atoms with van der Waals surface area (Å²) >= 11 is 0. The molecule has 186 valence electrons. The predicted molar refractivity (Wildman–Crippen MR) is 135 cm³/mol. The first-order valence-electron chi connectivity index (χ1n) is 13.2. The first-order chi connectivity index (χ1) is 15.7. The molecule has 0 aromatic carbocycles. The highest BCUT2D eigenvalue weighted by Gasteiger charge is 2.09. The summed E-state index contributed by atoms with van der Waals surface area (Å²) in [5.74, 6) is -0.588. The minimum Gasteiger partial charge on any atom is -0.466 e. The van der Waals surface area contributed by atoms with Gasteiger partial charge in [0.15, 0.2) is 0 Å². The summed E-state index contributed by atoms with van der Waals surface area (Å²) < 4.78 is 10.4. The molecule has 0 saturated heterocycles. The standard InChI is InChI=1S/C28H50O4/c1-3-5-7-9-11-13-15-17-19-21-25-31-27(29)23-24-28(30)32-26-22-20-18-16-14-12-10-8-6-4-2/h3-4H,1-2,5-26H2. The molecule has 4 nitrogen and oxygen atoms in total. The lowest BCUT2D eigenvalue weighted by Gasteiger charge is -2.06. The molecule has 0 atom stereocenters. The van der Waals surface area contributed by atoms with Crippen LogP contribution in [0.5, 0.6) is 0 Å². The van der Waals surface area contributed by atoms with Crippen LogP contribution in [0.15, 0.2) is 25.3 Å². The fraction of sp³-hybridized carbons (Fsp3) is 0.786. The Morgan fingerprint density at radius 2 is 0.750 bits per heavy atom. The van der Waals surface area contributed by atoms with Crippen molar-refractivity contribution in [1.82, 2.24) is 0 Å². The second-order valence-corrected chi connectivity index (χ2v) is 8.75. The summed E-state index contributed by atoms with van der Waals surface area (Å²) in [6.07, 6.45) is 25.6. The lowest BCUT2D eigenvalue weighted by atomic mass is 10.1. The minimum absolute atomic E-state index is 0.120. The van der Waals surface area contributed by atoms with Crippen LogP contribution in [0.2, 0.25) is 0 Å². The molecule has 0 aliphatic heterocycles. The predicted octanol–water partition coefficient (Wildman–Crippen LogP) is 8.25. The van der Waals surface area contributed by atoms with Gasteiger partial charge in [0.05, 0.1) is 26.1 Å². The van der Waals surface area contributed by atoms with Crippen molar-refractivity contribution in [3.8, 4) is 0 Å². The van der Waals surface area contributed by atoms with Crippen LogP contribution < -0.4 is 0 Å². The zero-order chi connectivity index (χ0) is 23.5. The van der Waals surface area contributed by atoms with Gasteiger partial charge in [-0.2, -0.15) is 0 Å². The molecule has 0 spiro atoms. The molecule has 0 rings (SSSR count). The second kappa shape index (κ2) is 25.7. The highest BCUT2D eigenvalue weighted by Crippen LogP contribution is 2.11. The maximum Gasteiger partial charge on any atom is 0.306 e. The van der Waals surface area contributed by atoms with E-state index < -0.39 is 0 Å². The third-order valence-corrected chi connectivity index (χ3v) is 5.66. The average Bonchev–Trinajstić information content (AvgIpc) is 2.79. The van der Waals surface area contributed by atoms with Crippen LogP contribution >= 0.6 is 0 Å². The van der Waals surface area contributed by atoms with Crippen molar-refractivity contribution in [3.63, 3.8) is 0 Å². The Morgan fingerprint density at radius 1 is 0.469 bits per heavy atom. The summed E-state index contributed by atoms with van der Waals surface area (Å²) in [5.41, 5.74) is 0. The maximum atomic E-state index is 11.7. The molecule has 0 unspecified atom stereocenters. The normalized spacial score (nSPS) is 10.6. The van der Waals surface area contributed by atoms with Gasteiger partial charge in [-0.05, 0) is 38.5 Å². The third kappa shape index (κ3) is 24.7. The monoisotopic (exact) mass is 450 g/mol. The largest absolute Gasteiger partial charge is 0.466 e. The molecular weight excluding hydrogens is 400 g/mol. The molecular formula is C28H50O4. The molecule has 0 amide bonds. The lowest BCUT2D eigenvalue weighted by molar-refractivity contribution is -0.150. The Labute approximate surface area is 198 Å². The van der Waals surface area contributed by atoms with E-state index in [1.165, 1.54) is 77.0 Å². The van der Waals surface area contributed by atoms with Crippen molar-refractivity contribution >= 4 is 11.9 Å². The summed E-state index contributed by atoms with van der Waals surface area (Å²) in [5, 5.41) is 0. The first kappa shape index (κ1) is 30.4. The SMILES string of the molecule is C=CCCCCCCCCCCOC(=O)CCC(=O)OCCCCCCCCCCC=C. The van der Waals surface area contributed by atoms with Crippen LogP contribution in [-0.2, 0) is 19.1 Å². The highest BCUT2D eigenvalue weighted by atomic mass is 16.5. The fourth-order valence-corrected chi connectivity index (χ4v) is 3.62. The van der Waals surface area contributed by atoms with Crippen molar-refractivity contribution in [1.29, 1.82) is 0 Å². The number of rotatable bonds is 25. The number of carbonyl (C=O) groups is 2. The molecule has 0 bridgehead atoms. The molecule has 32 heavy (non-hydrogen) atoms. The zero-order valence-corrected chi connectivity index (χ0v) is 20.8. The molecule has 0 aromatic heterocycles. The van der Waals surface area contributed by atoms with Gasteiger partial charge in [-0.1, -0.05) is 89.2 Å². The van der Waals surface area contributed by atoms with E-state index in [1.807, 2.05) is 12.2 Å². The number of hydrogen-bond donors (Lipinski definition) is 0. The van der Waals surface area contributed by atoms with Crippen molar-refractivity contribution in [2.75, 3.05) is 13.2 Å². The van der Waals surface area contributed by atoms with E-state index in [4.69, 9.17) is 9.47 Å². The van der Waals surface area contributed by atoms with Gasteiger partial charge in [0.1, 0.15) is 0 Å². The van der Waals surface area contributed by atoms with Gasteiger partial charge in [-0.3, -0.25) is 9.59 Å². The molecule has 0 aromatic rings. The van der Waals surface area contributed by atoms with Gasteiger partial charge >= 0.3 is 11.9 Å². The van der Waals surface area contributed by atoms with Gasteiger partial charge < -0.3 is 9.47 Å². The second-order valence-electron chi connectivity index (χ2n) is 8.75. The molecule has 0 fully saturated rings. The lowest BCUT2D eigenvalue weighted by Crippen LogP contribution is -2.11. The number of carbonyl (C=O) groups excluding carboxylic acids is 2. The molecule has 0 N–H and O–H groups in total. The van der Waals surface area contributed by atoms with Crippen molar-refractivity contribution in [3.05, 3.63) is 25.3 Å². The Balaban J connectivity index is 3.31. The van der Waals surface area contributed by atoms with E-state index in [2.05, 4.69) is 13.2 Å². The van der Waals surface area contributed by atoms with Gasteiger partial charge in [0.25, 0.3) is 0 Å². The topological polar surface area (TPSA) is 52.6 Å². The molecule has 0 radical (unpaired) electrons. The Bertz CT molecular complexity index is 416. The van der Waals surface area contributed by atoms with Gasteiger partial charge in [0.2, 0.25) is 0 Å². The smallest absolute Gasteiger partial charge is 0.306 e. The third-order valence-electron chi connectivity index (χ3n) is 5.66. The molecule has 4 heteroatoms. The fourth-order valence-electron chi connectivity index (χ4n) is 3.62. The summed E-state index contributed by atoms with van der Waals surface area (Å²) in [7, 11) is 0. The number of allylic oxidation sites excluding steroid dienone is 2. The Hall–Kier alpha value is -1.58. The quantitative estimate of drug-likeness (QED) is 0.0798. The van der Waals surface area contributed by atoms with Gasteiger partial charge in [0, 0.05) is 0 Å². The molecule has 0 aliphatic rings. The number of ether oxygens (including phenoxy) is 2. The summed E-state index contributed by atoms with van der Waals surface area (Å²) in [6, 6.07) is 0. The van der Waals surface area contributed by atoms with Gasteiger partial charge in [-0.15, -0.1) is 13.2 Å². The molecule has 0 aliphatic carbocycles. The number of esters is 2. The first-order valence-corrected chi connectivity index (χ1v) is 13.2. The molecule has 0 saturated carbocycles. The zero-order valence-electron chi connectivity index (χ0n) is 20.8. The van der Waals surface area contributed by atoms with E-state index in [9.17, 15) is 9.59 Å². The van der Waals surface area contributed by atoms with Crippen molar-refractivity contribution in [2.24, 2.45) is 0 Å².